The maximum Gasteiger partial charge on any atom is 0.329 e. The highest BCUT2D eigenvalue weighted by atomic mass is 35.5. The van der Waals surface area contributed by atoms with Crippen LogP contribution in [0.15, 0.2) is 9.59 Å². The summed E-state index contributed by atoms with van der Waals surface area (Å²) in [6, 6.07) is -0.557. The third-order valence-electron chi connectivity index (χ3n) is 1.88. The van der Waals surface area contributed by atoms with Gasteiger partial charge in [-0.2, -0.15) is 4.39 Å². The fourth-order valence-electron chi connectivity index (χ4n) is 1.22. The zero-order valence-electron chi connectivity index (χ0n) is 8.21. The molecule has 0 radical (unpaired) electrons. The molecule has 0 saturated carbocycles. The zero-order chi connectivity index (χ0) is 11.6. The SMILES string of the molecule is COCC(C)n1c(=O)[nH]c(Cl)c(F)c1=O. The van der Waals surface area contributed by atoms with Crippen LogP contribution in [0.3, 0.4) is 0 Å². The summed E-state index contributed by atoms with van der Waals surface area (Å²) in [5.74, 6) is -1.17. The van der Waals surface area contributed by atoms with E-state index in [0.717, 1.165) is 4.57 Å². The molecule has 0 amide bonds. The van der Waals surface area contributed by atoms with Crippen molar-refractivity contribution in [2.45, 2.75) is 13.0 Å². The summed E-state index contributed by atoms with van der Waals surface area (Å²) in [4.78, 5) is 24.7. The van der Waals surface area contributed by atoms with Crippen molar-refractivity contribution in [1.82, 2.24) is 9.55 Å². The Bertz CT molecular complexity index is 468. The van der Waals surface area contributed by atoms with Gasteiger partial charge in [0.05, 0.1) is 12.6 Å². The van der Waals surface area contributed by atoms with E-state index in [0.29, 0.717) is 0 Å². The number of nitrogens with zero attached hydrogens (tertiary/aromatic N) is 1. The van der Waals surface area contributed by atoms with E-state index in [1.165, 1.54) is 7.11 Å². The van der Waals surface area contributed by atoms with Crippen LogP contribution in [0.25, 0.3) is 0 Å². The van der Waals surface area contributed by atoms with Gasteiger partial charge >= 0.3 is 5.69 Å². The van der Waals surface area contributed by atoms with Crippen LogP contribution in [-0.2, 0) is 4.74 Å². The first-order chi connectivity index (χ1) is 6.99. The van der Waals surface area contributed by atoms with E-state index < -0.39 is 28.3 Å². The van der Waals surface area contributed by atoms with Crippen molar-refractivity contribution in [2.75, 3.05) is 13.7 Å². The molecule has 1 rings (SSSR count). The molecule has 5 nitrogen and oxygen atoms in total. The molecule has 0 aliphatic heterocycles. The van der Waals surface area contributed by atoms with Gasteiger partial charge in [0.15, 0.2) is 5.15 Å². The van der Waals surface area contributed by atoms with Crippen molar-refractivity contribution < 1.29 is 9.13 Å². The van der Waals surface area contributed by atoms with Crippen molar-refractivity contribution in [3.05, 3.63) is 31.8 Å². The highest BCUT2D eigenvalue weighted by Gasteiger charge is 2.16. The number of hydrogen-bond acceptors (Lipinski definition) is 3. The molecule has 1 aromatic heterocycles. The summed E-state index contributed by atoms with van der Waals surface area (Å²) in [6.07, 6.45) is 0. The van der Waals surface area contributed by atoms with E-state index in [9.17, 15) is 14.0 Å². The normalized spacial score (nSPS) is 12.8. The maximum atomic E-state index is 13.1. The first kappa shape index (κ1) is 11.9. The summed E-state index contributed by atoms with van der Waals surface area (Å²) < 4.78 is 18.6. The van der Waals surface area contributed by atoms with Gasteiger partial charge in [-0.15, -0.1) is 0 Å². The van der Waals surface area contributed by atoms with Crippen molar-refractivity contribution in [3.63, 3.8) is 0 Å². The highest BCUT2D eigenvalue weighted by molar-refractivity contribution is 6.29. The summed E-state index contributed by atoms with van der Waals surface area (Å²) >= 11 is 5.30. The Hall–Kier alpha value is -1.14. The number of aromatic nitrogens is 2. The van der Waals surface area contributed by atoms with Crippen LogP contribution in [0.1, 0.15) is 13.0 Å². The minimum atomic E-state index is -1.17. The summed E-state index contributed by atoms with van der Waals surface area (Å²) in [7, 11) is 1.42. The minimum Gasteiger partial charge on any atom is -0.383 e. The Balaban J connectivity index is 3.37. The zero-order valence-corrected chi connectivity index (χ0v) is 8.97. The molecule has 84 valence electrons. The molecule has 1 heterocycles. The van der Waals surface area contributed by atoms with Crippen molar-refractivity contribution in [3.8, 4) is 0 Å². The summed E-state index contributed by atoms with van der Waals surface area (Å²) in [5, 5.41) is -0.578. The number of ether oxygens (including phenoxy) is 1. The van der Waals surface area contributed by atoms with Gasteiger partial charge in [-0.1, -0.05) is 11.6 Å². The molecule has 0 bridgehead atoms. The van der Waals surface area contributed by atoms with Gasteiger partial charge in [0.1, 0.15) is 0 Å². The van der Waals surface area contributed by atoms with Crippen LogP contribution in [-0.4, -0.2) is 23.3 Å². The smallest absolute Gasteiger partial charge is 0.329 e. The Morgan fingerprint density at radius 2 is 2.20 bits per heavy atom. The first-order valence-electron chi connectivity index (χ1n) is 4.17. The van der Waals surface area contributed by atoms with Crippen LogP contribution in [0.5, 0.6) is 0 Å². The fraction of sp³-hybridized carbons (Fsp3) is 0.500. The number of methoxy groups -OCH3 is 1. The Kier molecular flexibility index (Phi) is 3.65. The molecule has 0 saturated heterocycles. The predicted octanol–water partition coefficient (Wildman–Crippen LogP) is 0.536. The number of H-pyrrole nitrogens is 1. The van der Waals surface area contributed by atoms with E-state index in [1.54, 1.807) is 6.92 Å². The van der Waals surface area contributed by atoms with E-state index in [4.69, 9.17) is 16.3 Å². The van der Waals surface area contributed by atoms with E-state index in [1.807, 2.05) is 4.98 Å². The molecule has 1 unspecified atom stereocenters. The molecule has 0 aliphatic carbocycles. The molecule has 7 heteroatoms. The second-order valence-electron chi connectivity index (χ2n) is 3.04. The molecular formula is C8H10ClFN2O3. The van der Waals surface area contributed by atoms with Gasteiger partial charge in [0.25, 0.3) is 5.56 Å². The van der Waals surface area contributed by atoms with Crippen molar-refractivity contribution >= 4 is 11.6 Å². The minimum absolute atomic E-state index is 0.129. The fourth-order valence-corrected chi connectivity index (χ4v) is 1.38. The van der Waals surface area contributed by atoms with Crippen molar-refractivity contribution in [2.24, 2.45) is 0 Å². The summed E-state index contributed by atoms with van der Waals surface area (Å²) in [5.41, 5.74) is -1.80. The highest BCUT2D eigenvalue weighted by Crippen LogP contribution is 2.05. The van der Waals surface area contributed by atoms with Gasteiger partial charge in [-0.25, -0.2) is 4.79 Å². The molecule has 1 atom stereocenters. The van der Waals surface area contributed by atoms with Crippen LogP contribution in [0, 0.1) is 5.82 Å². The molecule has 1 aromatic rings. The van der Waals surface area contributed by atoms with E-state index in [-0.39, 0.29) is 6.61 Å². The lowest BCUT2D eigenvalue weighted by atomic mass is 10.3. The number of halogens is 2. The lowest BCUT2D eigenvalue weighted by Crippen LogP contribution is -2.40. The van der Waals surface area contributed by atoms with Crippen LogP contribution >= 0.6 is 11.6 Å². The average Bonchev–Trinajstić information content (AvgIpc) is 2.15. The third kappa shape index (κ3) is 2.27. The summed E-state index contributed by atoms with van der Waals surface area (Å²) in [6.45, 7) is 1.69. The van der Waals surface area contributed by atoms with E-state index in [2.05, 4.69) is 0 Å². The van der Waals surface area contributed by atoms with Crippen LogP contribution < -0.4 is 11.2 Å². The second-order valence-corrected chi connectivity index (χ2v) is 3.42. The molecule has 0 aliphatic rings. The molecule has 0 spiro atoms. The topological polar surface area (TPSA) is 64.1 Å². The number of nitrogens with one attached hydrogen (secondary N) is 1. The third-order valence-corrected chi connectivity index (χ3v) is 2.14. The Labute approximate surface area is 89.4 Å². The lowest BCUT2D eigenvalue weighted by molar-refractivity contribution is 0.158. The van der Waals surface area contributed by atoms with E-state index >= 15 is 0 Å². The molecule has 15 heavy (non-hydrogen) atoms. The monoisotopic (exact) mass is 236 g/mol. The standard InChI is InChI=1S/C8H10ClFN2O3/c1-4(3-15-2)12-7(13)5(10)6(9)11-8(12)14/h4H,3H2,1-2H3,(H,11,14). The van der Waals surface area contributed by atoms with Gasteiger partial charge in [-0.3, -0.25) is 14.3 Å². The number of aromatic amines is 1. The van der Waals surface area contributed by atoms with Crippen LogP contribution in [0.2, 0.25) is 5.15 Å². The van der Waals surface area contributed by atoms with Gasteiger partial charge in [0, 0.05) is 7.11 Å². The van der Waals surface area contributed by atoms with Gasteiger partial charge in [0.2, 0.25) is 5.82 Å². The molecule has 1 N–H and O–H groups in total. The first-order valence-corrected chi connectivity index (χ1v) is 4.55. The molecule has 0 aromatic carbocycles. The number of hydrogen-bond donors (Lipinski definition) is 1. The predicted molar refractivity (Wildman–Crippen MR) is 52.9 cm³/mol. The average molecular weight is 237 g/mol. The number of rotatable bonds is 3. The largest absolute Gasteiger partial charge is 0.383 e. The van der Waals surface area contributed by atoms with Gasteiger partial charge in [-0.05, 0) is 6.92 Å². The quantitative estimate of drug-likeness (QED) is 0.779. The Morgan fingerprint density at radius 1 is 1.60 bits per heavy atom. The Morgan fingerprint density at radius 3 is 2.73 bits per heavy atom. The molecular weight excluding hydrogens is 227 g/mol. The maximum absolute atomic E-state index is 13.1. The molecule has 0 fully saturated rings. The van der Waals surface area contributed by atoms with Crippen LogP contribution in [0.4, 0.5) is 4.39 Å². The second kappa shape index (κ2) is 4.59. The van der Waals surface area contributed by atoms with Gasteiger partial charge < -0.3 is 4.74 Å². The lowest BCUT2D eigenvalue weighted by Gasteiger charge is -2.12. The van der Waals surface area contributed by atoms with Crippen molar-refractivity contribution in [1.29, 1.82) is 0 Å².